The van der Waals surface area contributed by atoms with Gasteiger partial charge in [-0.25, -0.2) is 0 Å². The number of ether oxygens (including phenoxy) is 4. The minimum atomic E-state index is -1.78. The van der Waals surface area contributed by atoms with Gasteiger partial charge < -0.3 is 65.1 Å². The molecule has 2 saturated heterocycles. The maximum absolute atomic E-state index is 13.3. The van der Waals surface area contributed by atoms with Gasteiger partial charge in [0.15, 0.2) is 12.6 Å². The number of hydrogen-bond donors (Lipinski definition) is 9. The number of nitrogens with one attached hydrogen (secondary N) is 1. The van der Waals surface area contributed by atoms with Crippen LogP contribution in [0.1, 0.15) is 316 Å². The molecule has 12 atom stereocenters. The maximum atomic E-state index is 13.3. The van der Waals surface area contributed by atoms with Crippen molar-refractivity contribution in [1.82, 2.24) is 5.32 Å². The molecular formula is C65H127NO13. The van der Waals surface area contributed by atoms with E-state index >= 15 is 0 Å². The maximum Gasteiger partial charge on any atom is 0.220 e. The molecule has 0 aromatic carbocycles. The molecular weight excluding hydrogens is 1000 g/mol. The number of hydrogen-bond acceptors (Lipinski definition) is 13. The van der Waals surface area contributed by atoms with Crippen molar-refractivity contribution in [2.75, 3.05) is 19.8 Å². The Morgan fingerprint density at radius 1 is 0.405 bits per heavy atom. The molecule has 0 aromatic heterocycles. The largest absolute Gasteiger partial charge is 0.394 e. The van der Waals surface area contributed by atoms with Gasteiger partial charge >= 0.3 is 0 Å². The van der Waals surface area contributed by atoms with Crippen molar-refractivity contribution in [1.29, 1.82) is 0 Å². The van der Waals surface area contributed by atoms with Crippen molar-refractivity contribution in [3.8, 4) is 0 Å². The van der Waals surface area contributed by atoms with Crippen molar-refractivity contribution in [2.45, 2.75) is 389 Å². The minimum Gasteiger partial charge on any atom is -0.394 e. The summed E-state index contributed by atoms with van der Waals surface area (Å²) in [6, 6.07) is -0.824. The second kappa shape index (κ2) is 51.4. The summed E-state index contributed by atoms with van der Waals surface area (Å²) in [7, 11) is 0. The Hall–Kier alpha value is -1.01. The highest BCUT2D eigenvalue weighted by molar-refractivity contribution is 5.76. The average molecular weight is 1130 g/mol. The third-order valence-electron chi connectivity index (χ3n) is 17.1. The van der Waals surface area contributed by atoms with Crippen molar-refractivity contribution < 1.29 is 64.6 Å². The van der Waals surface area contributed by atoms with Gasteiger partial charge in [0.1, 0.15) is 48.8 Å². The smallest absolute Gasteiger partial charge is 0.220 e. The molecule has 1 amide bonds. The van der Waals surface area contributed by atoms with Crippen LogP contribution in [0.4, 0.5) is 0 Å². The van der Waals surface area contributed by atoms with E-state index in [0.29, 0.717) is 12.8 Å². The Balaban J connectivity index is 1.69. The van der Waals surface area contributed by atoms with Crippen molar-refractivity contribution in [3.05, 3.63) is 0 Å². The monoisotopic (exact) mass is 1130 g/mol. The van der Waals surface area contributed by atoms with Crippen LogP contribution >= 0.6 is 0 Å². The normalized spacial score (nSPS) is 24.3. The molecule has 0 spiro atoms. The van der Waals surface area contributed by atoms with E-state index in [1.54, 1.807) is 0 Å². The van der Waals surface area contributed by atoms with Gasteiger partial charge in [0.25, 0.3) is 0 Å². The minimum absolute atomic E-state index is 0.198. The summed E-state index contributed by atoms with van der Waals surface area (Å²) in [5.74, 6) is -0.198. The molecule has 79 heavy (non-hydrogen) atoms. The van der Waals surface area contributed by atoms with Crippen molar-refractivity contribution in [2.24, 2.45) is 0 Å². The van der Waals surface area contributed by atoms with E-state index in [0.717, 1.165) is 51.4 Å². The summed E-state index contributed by atoms with van der Waals surface area (Å²) in [4.78, 5) is 13.3. The van der Waals surface area contributed by atoms with Crippen molar-refractivity contribution in [3.63, 3.8) is 0 Å². The summed E-state index contributed by atoms with van der Waals surface area (Å²) in [5.41, 5.74) is 0. The Bertz CT molecular complexity index is 1330. The first-order valence-electron chi connectivity index (χ1n) is 33.8. The molecule has 14 nitrogen and oxygen atoms in total. The molecule has 2 aliphatic rings. The van der Waals surface area contributed by atoms with Gasteiger partial charge in [-0.2, -0.15) is 0 Å². The molecule has 2 aliphatic heterocycles. The van der Waals surface area contributed by atoms with Gasteiger partial charge in [0.05, 0.1) is 32.0 Å². The van der Waals surface area contributed by atoms with Gasteiger partial charge in [0, 0.05) is 6.42 Å². The molecule has 2 fully saturated rings. The Labute approximate surface area is 483 Å². The second-order valence-corrected chi connectivity index (χ2v) is 24.3. The molecule has 0 aromatic rings. The third kappa shape index (κ3) is 36.4. The zero-order valence-corrected chi connectivity index (χ0v) is 50.9. The lowest BCUT2D eigenvalue weighted by Crippen LogP contribution is -2.65. The van der Waals surface area contributed by atoms with E-state index in [9.17, 15) is 45.6 Å². The Morgan fingerprint density at radius 3 is 1.08 bits per heavy atom. The molecule has 2 rings (SSSR count). The number of unbranched alkanes of at least 4 members (excludes halogenated alkanes) is 43. The quantitative estimate of drug-likeness (QED) is 0.0259. The number of aliphatic hydroxyl groups excluding tert-OH is 8. The topological polar surface area (TPSA) is 228 Å². The fraction of sp³-hybridized carbons (Fsp3) is 0.985. The molecule has 9 N–H and O–H groups in total. The van der Waals surface area contributed by atoms with Gasteiger partial charge in [-0.05, 0) is 12.8 Å². The first-order chi connectivity index (χ1) is 38.6. The fourth-order valence-electron chi connectivity index (χ4n) is 11.7. The summed E-state index contributed by atoms with van der Waals surface area (Å²) in [6.07, 6.45) is 42.5. The van der Waals surface area contributed by atoms with Crippen LogP contribution in [0.25, 0.3) is 0 Å². The lowest BCUT2D eigenvalue weighted by Gasteiger charge is -2.46. The van der Waals surface area contributed by atoms with Gasteiger partial charge in [-0.1, -0.05) is 296 Å². The third-order valence-corrected chi connectivity index (χ3v) is 17.1. The van der Waals surface area contributed by atoms with E-state index in [2.05, 4.69) is 19.2 Å². The second-order valence-electron chi connectivity index (χ2n) is 24.3. The van der Waals surface area contributed by atoms with E-state index in [-0.39, 0.29) is 12.5 Å². The van der Waals surface area contributed by atoms with Crippen LogP contribution in [0.5, 0.6) is 0 Å². The highest BCUT2D eigenvalue weighted by Gasteiger charge is 2.51. The van der Waals surface area contributed by atoms with Crippen LogP contribution in [0.3, 0.4) is 0 Å². The van der Waals surface area contributed by atoms with E-state index in [4.69, 9.17) is 18.9 Å². The predicted octanol–water partition coefficient (Wildman–Crippen LogP) is 12.8. The van der Waals surface area contributed by atoms with Gasteiger partial charge in [-0.3, -0.25) is 4.79 Å². The Morgan fingerprint density at radius 2 is 0.722 bits per heavy atom. The number of carbonyl (C=O) groups is 1. The van der Waals surface area contributed by atoms with Crippen LogP contribution in [0, 0.1) is 0 Å². The molecule has 0 saturated carbocycles. The van der Waals surface area contributed by atoms with Crippen LogP contribution in [-0.2, 0) is 23.7 Å². The molecule has 0 aliphatic carbocycles. The molecule has 0 radical (unpaired) electrons. The highest BCUT2D eigenvalue weighted by Crippen LogP contribution is 2.30. The zero-order chi connectivity index (χ0) is 57.4. The number of rotatable bonds is 56. The average Bonchev–Trinajstić information content (AvgIpc) is 3.47. The fourth-order valence-corrected chi connectivity index (χ4v) is 11.7. The van der Waals surface area contributed by atoms with Gasteiger partial charge in [-0.15, -0.1) is 0 Å². The molecule has 470 valence electrons. The zero-order valence-electron chi connectivity index (χ0n) is 50.9. The highest BCUT2D eigenvalue weighted by atomic mass is 16.7. The van der Waals surface area contributed by atoms with Crippen molar-refractivity contribution >= 4 is 5.91 Å². The van der Waals surface area contributed by atoms with Crippen LogP contribution in [-0.4, -0.2) is 140 Å². The summed E-state index contributed by atoms with van der Waals surface area (Å²) >= 11 is 0. The molecule has 12 unspecified atom stereocenters. The Kier molecular flexibility index (Phi) is 48.2. The molecule has 2 heterocycles. The number of aliphatic hydroxyl groups is 8. The summed E-state index contributed by atoms with van der Waals surface area (Å²) in [5, 5.41) is 87.5. The van der Waals surface area contributed by atoms with Crippen LogP contribution in [0.2, 0.25) is 0 Å². The van der Waals surface area contributed by atoms with Crippen LogP contribution < -0.4 is 5.32 Å². The predicted molar refractivity (Wildman–Crippen MR) is 319 cm³/mol. The molecule has 0 bridgehead atoms. The van der Waals surface area contributed by atoms with Crippen LogP contribution in [0.15, 0.2) is 0 Å². The number of amides is 1. The van der Waals surface area contributed by atoms with Gasteiger partial charge in [0.2, 0.25) is 5.91 Å². The molecule has 14 heteroatoms. The summed E-state index contributed by atoms with van der Waals surface area (Å²) in [6.45, 7) is 2.92. The van der Waals surface area contributed by atoms with E-state index < -0.39 is 86.8 Å². The lowest BCUT2D eigenvalue weighted by molar-refractivity contribution is -0.359. The summed E-state index contributed by atoms with van der Waals surface area (Å²) < 4.78 is 22.9. The van der Waals surface area contributed by atoms with E-state index in [1.807, 2.05) is 0 Å². The SMILES string of the molecule is CCCCCCCCCCCCCCCCCCCCCCCCCC(=O)NC(COC1OC(CO)C(OC2OC(CO)C(O)C(O)C2O)C(O)C1O)C(O)CCCCCCCCCCCCCCCCCCCCCCCC. The van der Waals surface area contributed by atoms with E-state index in [1.165, 1.54) is 238 Å². The standard InChI is InChI=1S/C65H127NO13/c1-3-5-7-9-11-13-15-17-19-21-23-25-27-29-31-33-35-37-39-41-43-45-47-49-57(70)66-53(52-76-64-62(75)60(73)63(56(51-68)78-64)79-65-61(74)59(72)58(71)55(50-67)77-65)54(69)48-46-44-42-40-38-36-34-32-30-28-26-24-22-20-18-16-14-12-10-8-6-4-2/h53-56,58-65,67-69,71-75H,3-52H2,1-2H3,(H,66,70). The lowest BCUT2D eigenvalue weighted by atomic mass is 9.97. The first-order valence-corrected chi connectivity index (χ1v) is 33.8. The number of carbonyl (C=O) groups excluding carboxylic acids is 1. The first kappa shape index (κ1) is 74.1.